The molecule has 7 rings (SSSR count). The van der Waals surface area contributed by atoms with E-state index in [0.717, 1.165) is 35.6 Å². The Bertz CT molecular complexity index is 1950. The van der Waals surface area contributed by atoms with E-state index in [4.69, 9.17) is 9.98 Å². The summed E-state index contributed by atoms with van der Waals surface area (Å²) in [6.45, 7) is 9.24. The quantitative estimate of drug-likeness (QED) is 0.162. The molecule has 2 aliphatic rings. The SMILES string of the molecule is CCCCC(CC)C1=NC(c2ccccc2-c2ccc(-c3ccc4c(c3)C(C)(C)c3ccccc3-4)cc2)=NC(c2ccccc2)N1C. The summed E-state index contributed by atoms with van der Waals surface area (Å²) in [5, 5.41) is 0. The molecular weight excluding hydrogens is 571 g/mol. The van der Waals surface area contributed by atoms with Crippen molar-refractivity contribution in [2.45, 2.75) is 65.0 Å². The molecule has 0 fully saturated rings. The topological polar surface area (TPSA) is 28.0 Å². The maximum absolute atomic E-state index is 5.34. The van der Waals surface area contributed by atoms with Crippen LogP contribution < -0.4 is 0 Å². The van der Waals surface area contributed by atoms with Gasteiger partial charge in [-0.3, -0.25) is 0 Å². The number of hydrogen-bond acceptors (Lipinski definition) is 3. The summed E-state index contributed by atoms with van der Waals surface area (Å²) in [7, 11) is 2.16. The van der Waals surface area contributed by atoms with Crippen LogP contribution in [0.25, 0.3) is 33.4 Å². The Hall–Kier alpha value is -4.76. The Morgan fingerprint density at radius 1 is 0.660 bits per heavy atom. The highest BCUT2D eigenvalue weighted by molar-refractivity contribution is 6.11. The second-order valence-corrected chi connectivity index (χ2v) is 13.6. The van der Waals surface area contributed by atoms with Crippen molar-refractivity contribution in [2.75, 3.05) is 7.05 Å². The maximum Gasteiger partial charge on any atom is 0.159 e. The molecule has 47 heavy (non-hydrogen) atoms. The van der Waals surface area contributed by atoms with Crippen LogP contribution in [0.4, 0.5) is 0 Å². The lowest BCUT2D eigenvalue weighted by molar-refractivity contribution is 0.351. The predicted molar refractivity (Wildman–Crippen MR) is 199 cm³/mol. The first kappa shape index (κ1) is 30.9. The molecule has 1 heterocycles. The summed E-state index contributed by atoms with van der Waals surface area (Å²) in [6.07, 6.45) is 4.48. The van der Waals surface area contributed by atoms with Crippen LogP contribution in [0.15, 0.2) is 131 Å². The van der Waals surface area contributed by atoms with Crippen molar-refractivity contribution < 1.29 is 0 Å². The second kappa shape index (κ2) is 12.8. The van der Waals surface area contributed by atoms with E-state index in [2.05, 4.69) is 161 Å². The number of fused-ring (bicyclic) bond motifs is 3. The zero-order valence-corrected chi connectivity index (χ0v) is 28.4. The largest absolute Gasteiger partial charge is 0.337 e. The number of unbranched alkanes of at least 4 members (excludes halogenated alkanes) is 1. The van der Waals surface area contributed by atoms with Gasteiger partial charge in [0.15, 0.2) is 5.84 Å². The fourth-order valence-electron chi connectivity index (χ4n) is 7.60. The van der Waals surface area contributed by atoms with Crippen LogP contribution in [0.5, 0.6) is 0 Å². The average molecular weight is 616 g/mol. The number of aliphatic imine (C=N–C) groups is 2. The summed E-state index contributed by atoms with van der Waals surface area (Å²) in [6, 6.07) is 44.1. The molecule has 3 heteroatoms. The van der Waals surface area contributed by atoms with Gasteiger partial charge in [-0.1, -0.05) is 156 Å². The highest BCUT2D eigenvalue weighted by Gasteiger charge is 2.35. The summed E-state index contributed by atoms with van der Waals surface area (Å²) >= 11 is 0. The number of hydrogen-bond donors (Lipinski definition) is 0. The number of benzene rings is 5. The molecule has 5 aromatic rings. The molecule has 2 unspecified atom stereocenters. The number of amidine groups is 2. The minimum atomic E-state index is -0.111. The molecule has 0 saturated carbocycles. The van der Waals surface area contributed by atoms with Crippen LogP contribution in [0, 0.1) is 5.92 Å². The Labute approximate surface area is 280 Å². The highest BCUT2D eigenvalue weighted by Crippen LogP contribution is 2.49. The fraction of sp³-hybridized carbons (Fsp3) is 0.273. The standard InChI is InChI=1S/C44H45N3/c1-6-8-16-30(7-2)42-45-41(46-43(47(42)5)33-17-10-9-11-18-33)38-21-13-12-19-35(38)32-25-23-31(24-26-32)34-27-28-37-36-20-14-15-22-39(36)44(3,4)40(37)29-34/h9-15,17-30,43H,6-8,16H2,1-5H3. The molecule has 5 aromatic carbocycles. The maximum atomic E-state index is 5.34. The zero-order valence-electron chi connectivity index (χ0n) is 28.4. The van der Waals surface area contributed by atoms with Crippen LogP contribution in [-0.2, 0) is 5.41 Å². The Morgan fingerprint density at radius 2 is 1.28 bits per heavy atom. The summed E-state index contributed by atoms with van der Waals surface area (Å²) in [5.74, 6) is 2.36. The average Bonchev–Trinajstić information content (AvgIpc) is 3.35. The number of nitrogens with zero attached hydrogens (tertiary/aromatic N) is 3. The first-order valence-electron chi connectivity index (χ1n) is 17.3. The van der Waals surface area contributed by atoms with Gasteiger partial charge < -0.3 is 4.90 Å². The van der Waals surface area contributed by atoms with Crippen molar-refractivity contribution >= 4 is 11.7 Å². The van der Waals surface area contributed by atoms with Gasteiger partial charge in [0, 0.05) is 23.9 Å². The normalized spacial score (nSPS) is 17.0. The van der Waals surface area contributed by atoms with Crippen LogP contribution in [0.2, 0.25) is 0 Å². The molecule has 0 bridgehead atoms. The van der Waals surface area contributed by atoms with Crippen molar-refractivity contribution in [1.29, 1.82) is 0 Å². The van der Waals surface area contributed by atoms with E-state index in [0.29, 0.717) is 5.92 Å². The molecule has 0 amide bonds. The predicted octanol–water partition coefficient (Wildman–Crippen LogP) is 11.3. The second-order valence-electron chi connectivity index (χ2n) is 13.6. The van der Waals surface area contributed by atoms with Crippen molar-refractivity contribution in [3.05, 3.63) is 144 Å². The molecule has 0 radical (unpaired) electrons. The van der Waals surface area contributed by atoms with Crippen molar-refractivity contribution in [3.8, 4) is 33.4 Å². The zero-order chi connectivity index (χ0) is 32.5. The Morgan fingerprint density at radius 3 is 2.00 bits per heavy atom. The molecular formula is C44H45N3. The lowest BCUT2D eigenvalue weighted by atomic mass is 9.81. The molecule has 2 atom stereocenters. The van der Waals surface area contributed by atoms with E-state index in [-0.39, 0.29) is 11.6 Å². The van der Waals surface area contributed by atoms with E-state index < -0.39 is 0 Å². The molecule has 0 N–H and O–H groups in total. The summed E-state index contributed by atoms with van der Waals surface area (Å²) in [4.78, 5) is 13.0. The van der Waals surface area contributed by atoms with Gasteiger partial charge in [-0.05, 0) is 69.0 Å². The molecule has 3 nitrogen and oxygen atoms in total. The Kier molecular flexibility index (Phi) is 8.40. The Balaban J connectivity index is 1.25. The van der Waals surface area contributed by atoms with Gasteiger partial charge in [0.25, 0.3) is 0 Å². The van der Waals surface area contributed by atoms with Gasteiger partial charge in [-0.25, -0.2) is 9.98 Å². The minimum Gasteiger partial charge on any atom is -0.337 e. The monoisotopic (exact) mass is 615 g/mol. The van der Waals surface area contributed by atoms with Crippen LogP contribution in [0.3, 0.4) is 0 Å². The van der Waals surface area contributed by atoms with Crippen molar-refractivity contribution in [2.24, 2.45) is 15.9 Å². The van der Waals surface area contributed by atoms with Gasteiger partial charge in [0.05, 0.1) is 0 Å². The van der Waals surface area contributed by atoms with Gasteiger partial charge in [-0.2, -0.15) is 0 Å². The lowest BCUT2D eigenvalue weighted by Crippen LogP contribution is -2.39. The van der Waals surface area contributed by atoms with Crippen LogP contribution >= 0.6 is 0 Å². The van der Waals surface area contributed by atoms with Crippen molar-refractivity contribution in [3.63, 3.8) is 0 Å². The van der Waals surface area contributed by atoms with Gasteiger partial charge >= 0.3 is 0 Å². The number of rotatable bonds is 9. The first-order valence-corrected chi connectivity index (χ1v) is 17.3. The van der Waals surface area contributed by atoms with Gasteiger partial charge in [0.2, 0.25) is 0 Å². The molecule has 1 aliphatic heterocycles. The summed E-state index contributed by atoms with van der Waals surface area (Å²) < 4.78 is 0. The van der Waals surface area contributed by atoms with E-state index in [1.165, 1.54) is 57.3 Å². The van der Waals surface area contributed by atoms with E-state index in [1.54, 1.807) is 0 Å². The molecule has 1 aliphatic carbocycles. The van der Waals surface area contributed by atoms with Gasteiger partial charge in [-0.15, -0.1) is 0 Å². The fourth-order valence-corrected chi connectivity index (χ4v) is 7.60. The molecule has 0 spiro atoms. The van der Waals surface area contributed by atoms with E-state index in [1.807, 2.05) is 0 Å². The third-order valence-electron chi connectivity index (χ3n) is 10.3. The van der Waals surface area contributed by atoms with Crippen LogP contribution in [-0.4, -0.2) is 23.6 Å². The molecule has 0 saturated heterocycles. The van der Waals surface area contributed by atoms with Gasteiger partial charge in [0.1, 0.15) is 12.0 Å². The van der Waals surface area contributed by atoms with E-state index >= 15 is 0 Å². The third-order valence-corrected chi connectivity index (χ3v) is 10.3. The minimum absolute atomic E-state index is 0.0140. The van der Waals surface area contributed by atoms with E-state index in [9.17, 15) is 0 Å². The molecule has 236 valence electrons. The van der Waals surface area contributed by atoms with Crippen LogP contribution in [0.1, 0.15) is 81.8 Å². The third kappa shape index (κ3) is 5.63. The van der Waals surface area contributed by atoms with Crippen molar-refractivity contribution in [1.82, 2.24) is 4.90 Å². The lowest BCUT2D eigenvalue weighted by Gasteiger charge is -2.36. The highest BCUT2D eigenvalue weighted by atomic mass is 15.3. The summed E-state index contributed by atoms with van der Waals surface area (Å²) in [5.41, 5.74) is 12.6. The molecule has 0 aromatic heterocycles. The first-order chi connectivity index (χ1) is 22.9. The smallest absolute Gasteiger partial charge is 0.159 e.